The molecular weight excluding hydrogens is 596 g/mol. The molecule has 0 saturated heterocycles. The normalized spacial score (nSPS) is 15.4. The molecule has 0 aliphatic carbocycles. The Morgan fingerprint density at radius 3 is 1.31 bits per heavy atom. The maximum Gasteiger partial charge on any atom is 0.265 e. The minimum atomic E-state index is -0.342. The smallest absolute Gasteiger partial charge is 0.265 e. The van der Waals surface area contributed by atoms with E-state index in [0.717, 1.165) is 43.4 Å². The van der Waals surface area contributed by atoms with Gasteiger partial charge in [-0.3, -0.25) is 24.1 Å². The lowest BCUT2D eigenvalue weighted by Gasteiger charge is -2.34. The fraction of sp³-hybridized carbons (Fsp3) is 0.286. The Hall–Kier alpha value is -5.10. The summed E-state index contributed by atoms with van der Waals surface area (Å²) in [6.07, 6.45) is 0. The SMILES string of the molecule is CC(C)CN1C(=O)c2ccc3c4ccc5c6c(ccc(c7ccc(c2c37)C1=O)c64)C(=O)N(c1cc(C(C)(C)C)ccc1C(C)(C)C)C5=O. The van der Waals surface area contributed by atoms with E-state index in [1.807, 2.05) is 68.4 Å². The first-order valence-corrected chi connectivity index (χ1v) is 16.7. The van der Waals surface area contributed by atoms with Crippen molar-refractivity contribution in [1.82, 2.24) is 4.90 Å². The van der Waals surface area contributed by atoms with Crippen molar-refractivity contribution in [2.24, 2.45) is 5.92 Å². The summed E-state index contributed by atoms with van der Waals surface area (Å²) in [6.45, 7) is 17.0. The largest absolute Gasteiger partial charge is 0.274 e. The van der Waals surface area contributed by atoms with Gasteiger partial charge < -0.3 is 0 Å². The van der Waals surface area contributed by atoms with Crippen molar-refractivity contribution in [2.45, 2.75) is 66.2 Å². The second kappa shape index (κ2) is 9.72. The Labute approximate surface area is 279 Å². The molecule has 0 radical (unpaired) electrons. The number of carbonyl (C=O) groups excluding carboxylic acids is 4. The molecule has 0 unspecified atom stereocenters. The summed E-state index contributed by atoms with van der Waals surface area (Å²) < 4.78 is 0. The Bertz CT molecular complexity index is 2340. The van der Waals surface area contributed by atoms with Crippen LogP contribution in [0.15, 0.2) is 66.7 Å². The lowest BCUT2D eigenvalue weighted by molar-refractivity contribution is 0.0591. The fourth-order valence-electron chi connectivity index (χ4n) is 7.88. The Balaban J connectivity index is 1.39. The maximum absolute atomic E-state index is 14.6. The lowest BCUT2D eigenvalue weighted by Crippen LogP contribution is -2.42. The van der Waals surface area contributed by atoms with Gasteiger partial charge >= 0.3 is 0 Å². The highest BCUT2D eigenvalue weighted by Crippen LogP contribution is 2.47. The first-order valence-electron chi connectivity index (χ1n) is 16.7. The molecule has 6 nitrogen and oxygen atoms in total. The molecule has 48 heavy (non-hydrogen) atoms. The molecule has 8 rings (SSSR count). The van der Waals surface area contributed by atoms with Crippen LogP contribution < -0.4 is 4.90 Å². The van der Waals surface area contributed by atoms with E-state index in [4.69, 9.17) is 0 Å². The molecule has 0 spiro atoms. The standard InChI is InChI=1S/C42H38N2O4/c1-21(2)20-43-37(45)27-14-10-23-25-12-16-29-36-30(17-13-26(34(25)36)24-11-15-28(38(43)46)35(27)33(23)24)40(48)44(39(29)47)32-19-22(41(3,4)5)9-18-31(32)42(6,7)8/h9-19,21H,20H2,1-8H3. The zero-order valence-electron chi connectivity index (χ0n) is 28.7. The highest BCUT2D eigenvalue weighted by atomic mass is 16.2. The van der Waals surface area contributed by atoms with Crippen LogP contribution >= 0.6 is 0 Å². The molecule has 2 heterocycles. The van der Waals surface area contributed by atoms with Crippen LogP contribution in [0, 0.1) is 5.92 Å². The summed E-state index contributed by atoms with van der Waals surface area (Å²) in [4.78, 5) is 59.2. The topological polar surface area (TPSA) is 74.8 Å². The van der Waals surface area contributed by atoms with Crippen LogP contribution in [0.4, 0.5) is 5.69 Å². The Morgan fingerprint density at radius 2 is 0.938 bits per heavy atom. The van der Waals surface area contributed by atoms with Crippen molar-refractivity contribution < 1.29 is 19.2 Å². The molecule has 2 aliphatic rings. The molecule has 0 aromatic heterocycles. The number of carbonyl (C=O) groups is 4. The number of fused-ring (bicyclic) bond motifs is 2. The minimum Gasteiger partial charge on any atom is -0.274 e. The Kier molecular flexibility index (Phi) is 6.13. The first-order chi connectivity index (χ1) is 22.6. The Morgan fingerprint density at radius 1 is 0.521 bits per heavy atom. The number of anilines is 1. The van der Waals surface area contributed by atoms with Crippen molar-refractivity contribution in [3.63, 3.8) is 0 Å². The number of imide groups is 2. The second-order valence-electron chi connectivity index (χ2n) is 15.9. The number of amides is 4. The molecule has 240 valence electrons. The maximum atomic E-state index is 14.6. The minimum absolute atomic E-state index is 0.141. The van der Waals surface area contributed by atoms with E-state index in [9.17, 15) is 19.2 Å². The van der Waals surface area contributed by atoms with Crippen molar-refractivity contribution in [2.75, 3.05) is 11.4 Å². The van der Waals surface area contributed by atoms with E-state index in [2.05, 4.69) is 53.7 Å². The van der Waals surface area contributed by atoms with Crippen molar-refractivity contribution in [3.8, 4) is 0 Å². The van der Waals surface area contributed by atoms with Gasteiger partial charge in [0, 0.05) is 39.6 Å². The zero-order valence-corrected chi connectivity index (χ0v) is 28.7. The molecule has 6 aromatic carbocycles. The third-order valence-electron chi connectivity index (χ3n) is 10.2. The van der Waals surface area contributed by atoms with Gasteiger partial charge in [-0.25, -0.2) is 4.90 Å². The molecule has 2 aliphatic heterocycles. The number of nitrogens with zero attached hydrogens (tertiary/aromatic N) is 2. The average Bonchev–Trinajstić information content (AvgIpc) is 3.02. The van der Waals surface area contributed by atoms with E-state index in [-0.39, 0.29) is 40.4 Å². The van der Waals surface area contributed by atoms with Gasteiger partial charge in [-0.1, -0.05) is 91.8 Å². The van der Waals surface area contributed by atoms with Gasteiger partial charge in [0.1, 0.15) is 0 Å². The molecule has 0 atom stereocenters. The van der Waals surface area contributed by atoms with Crippen molar-refractivity contribution in [3.05, 3.63) is 100 Å². The predicted octanol–water partition coefficient (Wildman–Crippen LogP) is 9.38. The number of benzene rings is 6. The number of hydrogen-bond acceptors (Lipinski definition) is 4. The third-order valence-corrected chi connectivity index (χ3v) is 10.2. The molecule has 0 bridgehead atoms. The molecule has 0 N–H and O–H groups in total. The average molecular weight is 635 g/mol. The molecule has 0 fully saturated rings. The van der Waals surface area contributed by atoms with Crippen molar-refractivity contribution in [1.29, 1.82) is 0 Å². The predicted molar refractivity (Wildman–Crippen MR) is 193 cm³/mol. The van der Waals surface area contributed by atoms with Crippen LogP contribution in [0.1, 0.15) is 108 Å². The van der Waals surface area contributed by atoms with E-state index >= 15 is 0 Å². The molecule has 6 aromatic rings. The highest BCUT2D eigenvalue weighted by molar-refractivity contribution is 6.43. The highest BCUT2D eigenvalue weighted by Gasteiger charge is 2.39. The van der Waals surface area contributed by atoms with Gasteiger partial charge in [0.15, 0.2) is 0 Å². The second-order valence-corrected chi connectivity index (χ2v) is 15.9. The van der Waals surface area contributed by atoms with Crippen LogP contribution in [-0.4, -0.2) is 35.1 Å². The summed E-state index contributed by atoms with van der Waals surface area (Å²) in [6, 6.07) is 21.3. The lowest BCUT2D eigenvalue weighted by atomic mass is 9.79. The number of hydrogen-bond donors (Lipinski definition) is 0. The van der Waals surface area contributed by atoms with Gasteiger partial charge in [-0.2, -0.15) is 0 Å². The monoisotopic (exact) mass is 634 g/mol. The summed E-state index contributed by atoms with van der Waals surface area (Å²) in [5.74, 6) is -1.09. The van der Waals surface area contributed by atoms with Crippen LogP contribution in [0.5, 0.6) is 0 Å². The first kappa shape index (κ1) is 30.2. The molecular formula is C42H38N2O4. The summed E-state index contributed by atoms with van der Waals surface area (Å²) in [5, 5.41) is 6.55. The summed E-state index contributed by atoms with van der Waals surface area (Å²) in [5.41, 5.74) is 4.11. The van der Waals surface area contributed by atoms with Crippen LogP contribution in [0.2, 0.25) is 0 Å². The van der Waals surface area contributed by atoms with E-state index in [1.54, 1.807) is 0 Å². The third kappa shape index (κ3) is 3.98. The molecule has 6 heteroatoms. The van der Waals surface area contributed by atoms with Crippen LogP contribution in [-0.2, 0) is 10.8 Å². The number of rotatable bonds is 3. The van der Waals surface area contributed by atoms with E-state index < -0.39 is 0 Å². The molecule has 0 saturated carbocycles. The van der Waals surface area contributed by atoms with E-state index in [1.165, 1.54) is 9.80 Å². The van der Waals surface area contributed by atoms with Crippen LogP contribution in [0.3, 0.4) is 0 Å². The summed E-state index contributed by atoms with van der Waals surface area (Å²) >= 11 is 0. The quantitative estimate of drug-likeness (QED) is 0.110. The van der Waals surface area contributed by atoms with Gasteiger partial charge in [-0.05, 0) is 90.5 Å². The van der Waals surface area contributed by atoms with Gasteiger partial charge in [0.2, 0.25) is 0 Å². The van der Waals surface area contributed by atoms with E-state index in [0.29, 0.717) is 45.3 Å². The van der Waals surface area contributed by atoms with Gasteiger partial charge in [-0.15, -0.1) is 0 Å². The molecule has 4 amide bonds. The zero-order chi connectivity index (χ0) is 34.2. The van der Waals surface area contributed by atoms with Gasteiger partial charge in [0.05, 0.1) is 5.69 Å². The summed E-state index contributed by atoms with van der Waals surface area (Å²) in [7, 11) is 0. The van der Waals surface area contributed by atoms with Crippen LogP contribution in [0.25, 0.3) is 43.1 Å². The fourth-order valence-corrected chi connectivity index (χ4v) is 7.88. The van der Waals surface area contributed by atoms with Gasteiger partial charge in [0.25, 0.3) is 23.6 Å². The van der Waals surface area contributed by atoms with Crippen molar-refractivity contribution >= 4 is 72.4 Å².